The maximum atomic E-state index is 12.8. The Kier molecular flexibility index (Phi) is 2.97. The largest absolute Gasteiger partial charge is 0.480 e. The molecule has 22 heavy (non-hydrogen) atoms. The number of carboxylic acids is 1. The molecule has 5 rings (SSSR count). The highest BCUT2D eigenvalue weighted by molar-refractivity contribution is 6.08. The number of imide groups is 1. The van der Waals surface area contributed by atoms with E-state index in [-0.39, 0.29) is 35.5 Å². The first-order valence-corrected chi connectivity index (χ1v) is 8.34. The predicted octanol–water partition coefficient (Wildman–Crippen LogP) is 1.68. The van der Waals surface area contributed by atoms with Crippen molar-refractivity contribution < 1.29 is 19.5 Å². The SMILES string of the molecule is CCCC[C@@H](C(=O)O)N1C(=O)[C@H]2[C@@H]3C=C[C@H]([C@H]4C[C@H]34)[C@@H]2C1=O. The van der Waals surface area contributed by atoms with Gasteiger partial charge in [0.05, 0.1) is 11.8 Å². The second-order valence-corrected chi connectivity index (χ2v) is 7.20. The molecule has 0 aromatic rings. The van der Waals surface area contributed by atoms with E-state index in [9.17, 15) is 19.5 Å². The van der Waals surface area contributed by atoms with Crippen LogP contribution in [0.25, 0.3) is 0 Å². The predicted molar refractivity (Wildman–Crippen MR) is 77.5 cm³/mol. The van der Waals surface area contributed by atoms with Crippen LogP contribution in [0.5, 0.6) is 0 Å². The third-order valence-corrected chi connectivity index (χ3v) is 6.12. The van der Waals surface area contributed by atoms with Crippen LogP contribution in [0.3, 0.4) is 0 Å². The van der Waals surface area contributed by atoms with Gasteiger partial charge >= 0.3 is 5.97 Å². The molecular formula is C17H21NO4. The van der Waals surface area contributed by atoms with Gasteiger partial charge in [0, 0.05) is 0 Å². The van der Waals surface area contributed by atoms with Gasteiger partial charge in [-0.15, -0.1) is 0 Å². The summed E-state index contributed by atoms with van der Waals surface area (Å²) in [5, 5.41) is 9.48. The molecule has 0 spiro atoms. The van der Waals surface area contributed by atoms with Gasteiger partial charge in [-0.25, -0.2) is 4.79 Å². The number of unbranched alkanes of at least 4 members (excludes halogenated alkanes) is 1. The lowest BCUT2D eigenvalue weighted by atomic mass is 9.63. The van der Waals surface area contributed by atoms with Crippen molar-refractivity contribution in [2.45, 2.75) is 38.6 Å². The zero-order chi connectivity index (χ0) is 15.6. The summed E-state index contributed by atoms with van der Waals surface area (Å²) in [6, 6.07) is -0.985. The highest BCUT2D eigenvalue weighted by atomic mass is 16.4. The average molecular weight is 303 g/mol. The number of carbonyl (C=O) groups is 3. The lowest BCUT2D eigenvalue weighted by molar-refractivity contribution is -0.155. The normalized spacial score (nSPS) is 42.3. The van der Waals surface area contributed by atoms with Crippen LogP contribution >= 0.6 is 0 Å². The van der Waals surface area contributed by atoms with Crippen molar-refractivity contribution in [1.82, 2.24) is 4.90 Å². The van der Waals surface area contributed by atoms with Crippen molar-refractivity contribution in [1.29, 1.82) is 0 Å². The fourth-order valence-corrected chi connectivity index (χ4v) is 5.05. The zero-order valence-corrected chi connectivity index (χ0v) is 12.6. The van der Waals surface area contributed by atoms with E-state index in [0.717, 1.165) is 17.7 Å². The van der Waals surface area contributed by atoms with Crippen molar-refractivity contribution in [2.24, 2.45) is 35.5 Å². The zero-order valence-electron chi connectivity index (χ0n) is 12.6. The summed E-state index contributed by atoms with van der Waals surface area (Å²) < 4.78 is 0. The number of hydrogen-bond acceptors (Lipinski definition) is 3. The van der Waals surface area contributed by atoms with Gasteiger partial charge in [0.2, 0.25) is 11.8 Å². The molecular weight excluding hydrogens is 282 g/mol. The summed E-state index contributed by atoms with van der Waals surface area (Å²) in [6.45, 7) is 1.98. The van der Waals surface area contributed by atoms with Crippen LogP contribution in [-0.4, -0.2) is 33.8 Å². The van der Waals surface area contributed by atoms with Gasteiger partial charge in [0.15, 0.2) is 0 Å². The molecule has 7 atom stereocenters. The average Bonchev–Trinajstić information content (AvgIpc) is 3.27. The molecule has 0 radical (unpaired) electrons. The first kappa shape index (κ1) is 14.0. The molecule has 5 nitrogen and oxygen atoms in total. The minimum atomic E-state index is -1.06. The molecule has 0 aromatic heterocycles. The van der Waals surface area contributed by atoms with Gasteiger partial charge in [-0.1, -0.05) is 31.9 Å². The van der Waals surface area contributed by atoms with Crippen LogP contribution in [0, 0.1) is 35.5 Å². The molecule has 1 aliphatic heterocycles. The first-order valence-electron chi connectivity index (χ1n) is 8.34. The number of carbonyl (C=O) groups excluding carboxylic acids is 2. The Morgan fingerprint density at radius 1 is 1.23 bits per heavy atom. The van der Waals surface area contributed by atoms with Gasteiger partial charge in [-0.2, -0.15) is 0 Å². The molecule has 5 aliphatic rings. The maximum Gasteiger partial charge on any atom is 0.326 e. The first-order chi connectivity index (χ1) is 10.6. The van der Waals surface area contributed by atoms with E-state index in [1.54, 1.807) is 0 Å². The molecule has 0 aromatic carbocycles. The fraction of sp³-hybridized carbons (Fsp3) is 0.706. The van der Waals surface area contributed by atoms with Crippen molar-refractivity contribution in [3.05, 3.63) is 12.2 Å². The van der Waals surface area contributed by atoms with Crippen LogP contribution in [0.4, 0.5) is 0 Å². The van der Waals surface area contributed by atoms with Crippen LogP contribution in [-0.2, 0) is 14.4 Å². The summed E-state index contributed by atoms with van der Waals surface area (Å²) in [5.74, 6) is -0.710. The summed E-state index contributed by atoms with van der Waals surface area (Å²) in [5.41, 5.74) is 0. The molecule has 118 valence electrons. The molecule has 5 heteroatoms. The van der Waals surface area contributed by atoms with E-state index in [1.165, 1.54) is 0 Å². The van der Waals surface area contributed by atoms with Crippen LogP contribution in [0.2, 0.25) is 0 Å². The third-order valence-electron chi connectivity index (χ3n) is 6.12. The fourth-order valence-electron chi connectivity index (χ4n) is 5.05. The molecule has 1 saturated heterocycles. The lowest BCUT2D eigenvalue weighted by Crippen LogP contribution is -2.45. The van der Waals surface area contributed by atoms with Gasteiger partial charge in [-0.05, 0) is 36.5 Å². The number of amides is 2. The van der Waals surface area contributed by atoms with Gasteiger partial charge in [0.25, 0.3) is 0 Å². The molecule has 1 heterocycles. The van der Waals surface area contributed by atoms with Crippen LogP contribution < -0.4 is 0 Å². The summed E-state index contributed by atoms with van der Waals surface area (Å²) >= 11 is 0. The van der Waals surface area contributed by atoms with Crippen molar-refractivity contribution >= 4 is 17.8 Å². The maximum absolute atomic E-state index is 12.8. The van der Waals surface area contributed by atoms with E-state index in [1.807, 2.05) is 6.92 Å². The molecule has 0 unspecified atom stereocenters. The van der Waals surface area contributed by atoms with Crippen LogP contribution in [0.1, 0.15) is 32.6 Å². The standard InChI is InChI=1S/C17H21NO4/c1-2-3-4-12(17(21)22)18-15(19)13-8-5-6-9(11-7-10(8)11)14(13)16(18)20/h5-6,8-14H,2-4,7H2,1H3,(H,21,22)/t8-,9-,10-,11-,12+,13+,14+/m1/s1. The van der Waals surface area contributed by atoms with Crippen molar-refractivity contribution in [3.8, 4) is 0 Å². The van der Waals surface area contributed by atoms with Crippen molar-refractivity contribution in [3.63, 3.8) is 0 Å². The second-order valence-electron chi connectivity index (χ2n) is 7.20. The molecule has 3 fully saturated rings. The monoisotopic (exact) mass is 303 g/mol. The smallest absolute Gasteiger partial charge is 0.326 e. The number of rotatable bonds is 5. The Bertz CT molecular complexity index is 547. The Labute approximate surface area is 129 Å². The summed E-state index contributed by atoms with van der Waals surface area (Å²) in [7, 11) is 0. The van der Waals surface area contributed by atoms with E-state index in [4.69, 9.17) is 0 Å². The number of carboxylic acid groups (broad SMARTS) is 1. The number of hydrogen-bond donors (Lipinski definition) is 1. The molecule has 2 amide bonds. The Morgan fingerprint density at radius 2 is 1.77 bits per heavy atom. The highest BCUT2D eigenvalue weighted by Gasteiger charge is 2.67. The second kappa shape index (κ2) is 4.67. The number of likely N-dealkylation sites (tertiary alicyclic amines) is 1. The van der Waals surface area contributed by atoms with E-state index < -0.39 is 12.0 Å². The summed E-state index contributed by atoms with van der Waals surface area (Å²) in [6.07, 6.45) is 7.25. The minimum absolute atomic E-state index is 0.155. The molecule has 4 aliphatic carbocycles. The van der Waals surface area contributed by atoms with Gasteiger partial charge in [0.1, 0.15) is 6.04 Å². The van der Waals surface area contributed by atoms with Crippen LogP contribution in [0.15, 0.2) is 12.2 Å². The van der Waals surface area contributed by atoms with E-state index in [2.05, 4.69) is 12.2 Å². The van der Waals surface area contributed by atoms with E-state index in [0.29, 0.717) is 24.7 Å². The van der Waals surface area contributed by atoms with E-state index >= 15 is 0 Å². The summed E-state index contributed by atoms with van der Waals surface area (Å²) in [4.78, 5) is 38.3. The quantitative estimate of drug-likeness (QED) is 0.619. The Balaban J connectivity index is 1.65. The van der Waals surface area contributed by atoms with Gasteiger partial charge in [-0.3, -0.25) is 14.5 Å². The van der Waals surface area contributed by atoms with Gasteiger partial charge < -0.3 is 5.11 Å². The topological polar surface area (TPSA) is 74.7 Å². The highest BCUT2D eigenvalue weighted by Crippen LogP contribution is 2.65. The number of nitrogens with zero attached hydrogens (tertiary/aromatic N) is 1. The molecule has 1 N–H and O–H groups in total. The number of allylic oxidation sites excluding steroid dienone is 2. The third kappa shape index (κ3) is 1.68. The van der Waals surface area contributed by atoms with Crippen molar-refractivity contribution in [2.75, 3.05) is 0 Å². The Hall–Kier alpha value is -1.65. The number of aliphatic carboxylic acids is 1. The Morgan fingerprint density at radius 3 is 2.23 bits per heavy atom. The molecule has 2 saturated carbocycles. The lowest BCUT2D eigenvalue weighted by Gasteiger charge is -2.37. The minimum Gasteiger partial charge on any atom is -0.480 e. The molecule has 2 bridgehead atoms.